The van der Waals surface area contributed by atoms with Crippen LogP contribution in [0.2, 0.25) is 0 Å². The van der Waals surface area contributed by atoms with E-state index < -0.39 is 0 Å². The van der Waals surface area contributed by atoms with Crippen LogP contribution in [0.25, 0.3) is 10.2 Å². The average Bonchev–Trinajstić information content (AvgIpc) is 3.05. The van der Waals surface area contributed by atoms with Gasteiger partial charge in [0.1, 0.15) is 0 Å². The summed E-state index contributed by atoms with van der Waals surface area (Å²) in [4.78, 5) is 31.0. The zero-order chi connectivity index (χ0) is 16.8. The Labute approximate surface area is 147 Å². The molecule has 0 unspecified atom stereocenters. The number of hydrogen-bond acceptors (Lipinski definition) is 5. The van der Waals surface area contributed by atoms with E-state index in [0.29, 0.717) is 22.1 Å². The molecule has 1 aliphatic rings. The van der Waals surface area contributed by atoms with E-state index in [9.17, 15) is 9.59 Å². The number of benzene rings is 2. The van der Waals surface area contributed by atoms with Crippen LogP contribution in [0.4, 0.5) is 5.69 Å². The van der Waals surface area contributed by atoms with Crippen LogP contribution in [-0.2, 0) is 0 Å². The zero-order valence-electron chi connectivity index (χ0n) is 13.1. The van der Waals surface area contributed by atoms with Crippen molar-refractivity contribution >= 4 is 50.8 Å². The second-order valence-corrected chi connectivity index (χ2v) is 8.64. The van der Waals surface area contributed by atoms with Gasteiger partial charge in [-0.3, -0.25) is 9.59 Å². The number of hydrogen-bond donors (Lipinski definition) is 0. The Morgan fingerprint density at radius 2 is 1.71 bits per heavy atom. The molecular weight excluding hydrogens is 340 g/mol. The van der Waals surface area contributed by atoms with Gasteiger partial charge >= 0.3 is 0 Å². The molecule has 0 N–H and O–H groups in total. The lowest BCUT2D eigenvalue weighted by Gasteiger charge is -2.13. The lowest BCUT2D eigenvalue weighted by molar-refractivity contribution is 0.0926. The van der Waals surface area contributed by atoms with Gasteiger partial charge in [0.25, 0.3) is 11.8 Å². The first-order valence-electron chi connectivity index (χ1n) is 7.59. The van der Waals surface area contributed by atoms with Crippen LogP contribution < -0.4 is 4.90 Å². The number of thioether (sulfide) groups is 1. The predicted molar refractivity (Wildman–Crippen MR) is 98.2 cm³/mol. The van der Waals surface area contributed by atoms with Gasteiger partial charge in [-0.15, -0.1) is 11.3 Å². The van der Waals surface area contributed by atoms with Crippen LogP contribution in [-0.4, -0.2) is 22.0 Å². The molecule has 2 aromatic carbocycles. The normalized spacial score (nSPS) is 14.0. The third-order valence-corrected chi connectivity index (χ3v) is 5.86. The Balaban J connectivity index is 1.75. The minimum absolute atomic E-state index is 0.267. The van der Waals surface area contributed by atoms with Crippen molar-refractivity contribution in [3.63, 3.8) is 0 Å². The summed E-state index contributed by atoms with van der Waals surface area (Å²) < 4.78 is 1.98. The number of carbonyl (C=O) groups is 2. The lowest BCUT2D eigenvalue weighted by Crippen LogP contribution is -2.29. The third kappa shape index (κ3) is 2.42. The van der Waals surface area contributed by atoms with E-state index in [-0.39, 0.29) is 11.8 Å². The van der Waals surface area contributed by atoms with Crippen molar-refractivity contribution in [3.05, 3.63) is 53.6 Å². The Kier molecular flexibility index (Phi) is 3.66. The average molecular weight is 354 g/mol. The molecule has 2 heterocycles. The van der Waals surface area contributed by atoms with Crippen molar-refractivity contribution in [1.29, 1.82) is 0 Å². The van der Waals surface area contributed by atoms with Crippen LogP contribution in [0.5, 0.6) is 0 Å². The Bertz CT molecular complexity index is 943. The van der Waals surface area contributed by atoms with Crippen molar-refractivity contribution in [1.82, 2.24) is 4.98 Å². The second-order valence-electron chi connectivity index (χ2n) is 5.79. The minimum Gasteiger partial charge on any atom is -0.268 e. The quantitative estimate of drug-likeness (QED) is 0.509. The van der Waals surface area contributed by atoms with E-state index in [4.69, 9.17) is 0 Å². The van der Waals surface area contributed by atoms with Gasteiger partial charge in [0.15, 0.2) is 4.34 Å². The van der Waals surface area contributed by atoms with E-state index in [1.165, 1.54) is 4.90 Å². The van der Waals surface area contributed by atoms with Gasteiger partial charge in [-0.25, -0.2) is 9.88 Å². The number of fused-ring (bicyclic) bond motifs is 2. The fraction of sp³-hybridized carbons (Fsp3) is 0.167. The molecule has 0 radical (unpaired) electrons. The number of nitrogens with zero attached hydrogens (tertiary/aromatic N) is 2. The molecule has 6 heteroatoms. The topological polar surface area (TPSA) is 50.3 Å². The standard InChI is InChI=1S/C18H14N2O2S2/c1-10(2)23-18-19-14-8-7-11(9-15(14)24-18)20-16(21)12-5-3-4-6-13(12)17(20)22/h3-10H,1-2H3. The fourth-order valence-corrected chi connectivity index (χ4v) is 5.03. The molecule has 1 aliphatic heterocycles. The maximum Gasteiger partial charge on any atom is 0.266 e. The highest BCUT2D eigenvalue weighted by Gasteiger charge is 2.36. The number of amides is 2. The summed E-state index contributed by atoms with van der Waals surface area (Å²) in [7, 11) is 0. The third-order valence-electron chi connectivity index (χ3n) is 3.74. The summed E-state index contributed by atoms with van der Waals surface area (Å²) in [5.74, 6) is -0.535. The lowest BCUT2D eigenvalue weighted by atomic mass is 10.1. The van der Waals surface area contributed by atoms with Gasteiger partial charge < -0.3 is 0 Å². The summed E-state index contributed by atoms with van der Waals surface area (Å²) in [6.45, 7) is 4.25. The van der Waals surface area contributed by atoms with Gasteiger partial charge in [-0.2, -0.15) is 0 Å². The van der Waals surface area contributed by atoms with Crippen LogP contribution in [0.1, 0.15) is 34.6 Å². The highest BCUT2D eigenvalue weighted by Crippen LogP contribution is 2.35. The second kappa shape index (κ2) is 5.72. The summed E-state index contributed by atoms with van der Waals surface area (Å²) in [5.41, 5.74) is 2.41. The molecule has 4 rings (SSSR count). The van der Waals surface area contributed by atoms with Gasteiger partial charge in [0, 0.05) is 5.25 Å². The molecule has 2 amide bonds. The van der Waals surface area contributed by atoms with E-state index in [0.717, 1.165) is 14.6 Å². The predicted octanol–water partition coefficient (Wildman–Crippen LogP) is 4.60. The summed E-state index contributed by atoms with van der Waals surface area (Å²) >= 11 is 3.30. The molecule has 0 bridgehead atoms. The van der Waals surface area contributed by atoms with Crippen molar-refractivity contribution in [2.75, 3.05) is 4.90 Å². The van der Waals surface area contributed by atoms with Crippen molar-refractivity contribution in [2.45, 2.75) is 23.4 Å². The summed E-state index contributed by atoms with van der Waals surface area (Å²) in [6, 6.07) is 12.5. The van der Waals surface area contributed by atoms with Crippen molar-refractivity contribution in [3.8, 4) is 0 Å². The molecule has 120 valence electrons. The highest BCUT2D eigenvalue weighted by molar-refractivity contribution is 8.01. The number of rotatable bonds is 3. The molecule has 1 aromatic heterocycles. The van der Waals surface area contributed by atoms with Crippen LogP contribution >= 0.6 is 23.1 Å². The first kappa shape index (κ1) is 15.4. The molecule has 0 saturated heterocycles. The highest BCUT2D eigenvalue weighted by atomic mass is 32.2. The molecule has 0 spiro atoms. The monoisotopic (exact) mass is 354 g/mol. The van der Waals surface area contributed by atoms with E-state index >= 15 is 0 Å². The largest absolute Gasteiger partial charge is 0.268 e. The summed E-state index contributed by atoms with van der Waals surface area (Å²) in [5, 5.41) is 0.460. The van der Waals surface area contributed by atoms with Gasteiger partial charge in [-0.1, -0.05) is 37.7 Å². The minimum atomic E-state index is -0.267. The molecule has 0 atom stereocenters. The van der Waals surface area contributed by atoms with Gasteiger partial charge in [-0.05, 0) is 30.3 Å². The molecule has 0 fully saturated rings. The number of carbonyl (C=O) groups excluding carboxylic acids is 2. The molecule has 3 aromatic rings. The van der Waals surface area contributed by atoms with Crippen molar-refractivity contribution < 1.29 is 9.59 Å². The molecular formula is C18H14N2O2S2. The molecule has 24 heavy (non-hydrogen) atoms. The first-order valence-corrected chi connectivity index (χ1v) is 9.29. The molecule has 0 saturated carbocycles. The van der Waals surface area contributed by atoms with Crippen LogP contribution in [0, 0.1) is 0 Å². The fourth-order valence-electron chi connectivity index (χ4n) is 2.71. The Morgan fingerprint density at radius 3 is 2.33 bits per heavy atom. The van der Waals surface area contributed by atoms with E-state index in [1.54, 1.807) is 53.4 Å². The molecule has 4 nitrogen and oxygen atoms in total. The smallest absolute Gasteiger partial charge is 0.266 e. The van der Waals surface area contributed by atoms with Crippen molar-refractivity contribution in [2.24, 2.45) is 0 Å². The van der Waals surface area contributed by atoms with Gasteiger partial charge in [0.05, 0.1) is 27.0 Å². The number of anilines is 1. The van der Waals surface area contributed by atoms with Gasteiger partial charge in [0.2, 0.25) is 0 Å². The first-order chi connectivity index (χ1) is 11.5. The molecule has 0 aliphatic carbocycles. The van der Waals surface area contributed by atoms with E-state index in [2.05, 4.69) is 18.8 Å². The number of aromatic nitrogens is 1. The number of thiazole rings is 1. The van der Waals surface area contributed by atoms with E-state index in [1.807, 2.05) is 12.1 Å². The maximum absolute atomic E-state index is 12.6. The Morgan fingerprint density at radius 1 is 1.04 bits per heavy atom. The zero-order valence-corrected chi connectivity index (χ0v) is 14.8. The van der Waals surface area contributed by atoms with Crippen LogP contribution in [0.3, 0.4) is 0 Å². The summed E-state index contributed by atoms with van der Waals surface area (Å²) in [6.07, 6.45) is 0. The maximum atomic E-state index is 12.6. The Hall–Kier alpha value is -2.18. The van der Waals surface area contributed by atoms with Crippen LogP contribution in [0.15, 0.2) is 46.8 Å². The SMILES string of the molecule is CC(C)Sc1nc2ccc(N3C(=O)c4ccccc4C3=O)cc2s1. The number of imide groups is 1.